The molecule has 2 unspecified atom stereocenters. The van der Waals surface area contributed by atoms with Crippen molar-refractivity contribution in [2.24, 2.45) is 0 Å². The maximum atomic E-state index is 11.8. The summed E-state index contributed by atoms with van der Waals surface area (Å²) in [4.78, 5) is 13.2. The predicted octanol–water partition coefficient (Wildman–Crippen LogP) is 8.82. The molecule has 0 bridgehead atoms. The minimum Gasteiger partial charge on any atom is -0.478 e. The molecule has 0 spiro atoms. The fraction of sp³-hybridized carbons (Fsp3) is 0.182. The molecule has 0 aliphatic rings. The topological polar surface area (TPSA) is 46.5 Å². The van der Waals surface area contributed by atoms with Gasteiger partial charge in [-0.1, -0.05) is 98.8 Å². The molecule has 1 heterocycles. The van der Waals surface area contributed by atoms with Gasteiger partial charge in [0, 0.05) is 26.9 Å². The molecule has 3 nitrogen and oxygen atoms in total. The standard InChI is InChI=1S/C33H30O3S/c1-3-22(2)32-31(28-11-7-8-12-30(28)37-32)26-15-13-24(14-16-26)25-17-19-27(20-18-25)36-29(33(34)35)21-23-9-5-4-6-10-23/h4-20,22,29H,3,21H2,1-2H3,(H,34,35). The quantitative estimate of drug-likeness (QED) is 0.217. The first-order chi connectivity index (χ1) is 18.0. The van der Waals surface area contributed by atoms with E-state index in [-0.39, 0.29) is 0 Å². The van der Waals surface area contributed by atoms with Gasteiger partial charge in [-0.15, -0.1) is 11.3 Å². The van der Waals surface area contributed by atoms with Gasteiger partial charge in [-0.25, -0.2) is 4.79 Å². The van der Waals surface area contributed by atoms with E-state index >= 15 is 0 Å². The minimum absolute atomic E-state index is 0.315. The molecule has 0 saturated heterocycles. The highest BCUT2D eigenvalue weighted by molar-refractivity contribution is 7.19. The van der Waals surface area contributed by atoms with Crippen LogP contribution in [0.1, 0.15) is 36.6 Å². The SMILES string of the molecule is CCC(C)c1sc2ccccc2c1-c1ccc(-c2ccc(OC(Cc3ccccc3)C(=O)O)cc2)cc1. The number of carbonyl (C=O) groups is 1. The Morgan fingerprint density at radius 3 is 2.05 bits per heavy atom. The Balaban J connectivity index is 1.36. The molecule has 0 saturated carbocycles. The van der Waals surface area contributed by atoms with E-state index in [2.05, 4.69) is 62.4 Å². The summed E-state index contributed by atoms with van der Waals surface area (Å²) in [6.45, 7) is 4.55. The van der Waals surface area contributed by atoms with Crippen molar-refractivity contribution in [1.29, 1.82) is 0 Å². The number of thiophene rings is 1. The van der Waals surface area contributed by atoms with Crippen LogP contribution in [0.2, 0.25) is 0 Å². The van der Waals surface area contributed by atoms with E-state index in [1.54, 1.807) is 0 Å². The number of fused-ring (bicyclic) bond motifs is 1. The van der Waals surface area contributed by atoms with Crippen LogP contribution in [0.25, 0.3) is 32.3 Å². The summed E-state index contributed by atoms with van der Waals surface area (Å²) in [5, 5.41) is 11.0. The fourth-order valence-electron chi connectivity index (χ4n) is 4.62. The Morgan fingerprint density at radius 2 is 1.41 bits per heavy atom. The number of hydrogen-bond acceptors (Lipinski definition) is 3. The Kier molecular flexibility index (Phi) is 7.38. The first kappa shape index (κ1) is 24.8. The smallest absolute Gasteiger partial charge is 0.345 e. The lowest BCUT2D eigenvalue weighted by atomic mass is 9.94. The van der Waals surface area contributed by atoms with Crippen LogP contribution >= 0.6 is 11.3 Å². The minimum atomic E-state index is -0.971. The summed E-state index contributed by atoms with van der Waals surface area (Å²) in [5.41, 5.74) is 5.69. The Morgan fingerprint density at radius 1 is 0.811 bits per heavy atom. The van der Waals surface area contributed by atoms with Crippen LogP contribution in [0.4, 0.5) is 0 Å². The second-order valence-electron chi connectivity index (χ2n) is 9.38. The van der Waals surface area contributed by atoms with Crippen LogP contribution in [0.5, 0.6) is 5.75 Å². The Hall–Kier alpha value is -3.89. The maximum absolute atomic E-state index is 11.8. The van der Waals surface area contributed by atoms with Crippen LogP contribution < -0.4 is 4.74 Å². The molecular weight excluding hydrogens is 476 g/mol. The zero-order valence-electron chi connectivity index (χ0n) is 21.1. The van der Waals surface area contributed by atoms with E-state index in [9.17, 15) is 9.90 Å². The van der Waals surface area contributed by atoms with Crippen molar-refractivity contribution in [1.82, 2.24) is 0 Å². The van der Waals surface area contributed by atoms with E-state index in [1.165, 1.54) is 26.1 Å². The highest BCUT2D eigenvalue weighted by Gasteiger charge is 2.20. The van der Waals surface area contributed by atoms with Crippen LogP contribution in [0, 0.1) is 0 Å². The third kappa shape index (κ3) is 5.45. The molecule has 5 rings (SSSR count). The van der Waals surface area contributed by atoms with Gasteiger partial charge in [-0.3, -0.25) is 0 Å². The van der Waals surface area contributed by atoms with Crippen LogP contribution in [-0.2, 0) is 11.2 Å². The molecule has 1 aromatic heterocycles. The third-order valence-electron chi connectivity index (χ3n) is 6.86. The van der Waals surface area contributed by atoms with Crippen LogP contribution in [0.3, 0.4) is 0 Å². The summed E-state index contributed by atoms with van der Waals surface area (Å²) < 4.78 is 7.16. The molecule has 37 heavy (non-hydrogen) atoms. The van der Waals surface area contributed by atoms with Crippen molar-refractivity contribution in [3.63, 3.8) is 0 Å². The lowest BCUT2D eigenvalue weighted by Gasteiger charge is -2.16. The number of carboxylic acids is 1. The summed E-state index contributed by atoms with van der Waals surface area (Å²) >= 11 is 1.90. The van der Waals surface area contributed by atoms with Gasteiger partial charge >= 0.3 is 5.97 Å². The molecule has 0 aliphatic heterocycles. The van der Waals surface area contributed by atoms with E-state index in [0.29, 0.717) is 18.1 Å². The Labute approximate surface area is 222 Å². The average molecular weight is 507 g/mol. The number of carboxylic acid groups (broad SMARTS) is 1. The molecule has 4 aromatic carbocycles. The predicted molar refractivity (Wildman–Crippen MR) is 154 cm³/mol. The van der Waals surface area contributed by atoms with Crippen molar-refractivity contribution >= 4 is 27.4 Å². The van der Waals surface area contributed by atoms with E-state index in [0.717, 1.165) is 23.1 Å². The summed E-state index contributed by atoms with van der Waals surface area (Å²) in [5.74, 6) is 0.0870. The molecule has 1 N–H and O–H groups in total. The number of rotatable bonds is 9. The second kappa shape index (κ2) is 11.0. The van der Waals surface area contributed by atoms with Crippen LogP contribution in [-0.4, -0.2) is 17.2 Å². The maximum Gasteiger partial charge on any atom is 0.345 e. The van der Waals surface area contributed by atoms with Gasteiger partial charge in [-0.2, -0.15) is 0 Å². The molecule has 2 atom stereocenters. The van der Waals surface area contributed by atoms with Crippen molar-refractivity contribution in [3.05, 3.63) is 114 Å². The fourth-order valence-corrected chi connectivity index (χ4v) is 5.98. The number of benzene rings is 4. The largest absolute Gasteiger partial charge is 0.478 e. The second-order valence-corrected chi connectivity index (χ2v) is 10.5. The van der Waals surface area contributed by atoms with Crippen LogP contribution in [0.15, 0.2) is 103 Å². The van der Waals surface area contributed by atoms with Crippen molar-refractivity contribution in [3.8, 4) is 28.0 Å². The lowest BCUT2D eigenvalue weighted by molar-refractivity contribution is -0.145. The monoisotopic (exact) mass is 506 g/mol. The Bertz CT molecular complexity index is 1480. The zero-order valence-corrected chi connectivity index (χ0v) is 21.9. The van der Waals surface area contributed by atoms with Gasteiger partial charge < -0.3 is 9.84 Å². The molecular formula is C33H30O3S. The van der Waals surface area contributed by atoms with E-state index in [1.807, 2.05) is 65.9 Å². The van der Waals surface area contributed by atoms with Gasteiger partial charge in [0.2, 0.25) is 0 Å². The average Bonchev–Trinajstić information content (AvgIpc) is 3.33. The van der Waals surface area contributed by atoms with Crippen molar-refractivity contribution in [2.75, 3.05) is 0 Å². The van der Waals surface area contributed by atoms with Gasteiger partial charge in [0.15, 0.2) is 6.10 Å². The summed E-state index contributed by atoms with van der Waals surface area (Å²) in [6, 6.07) is 34.6. The number of aliphatic carboxylic acids is 1. The normalized spacial score (nSPS) is 12.8. The molecule has 0 fully saturated rings. The lowest BCUT2D eigenvalue weighted by Crippen LogP contribution is -2.29. The van der Waals surface area contributed by atoms with E-state index < -0.39 is 12.1 Å². The molecule has 0 aliphatic carbocycles. The highest BCUT2D eigenvalue weighted by atomic mass is 32.1. The highest BCUT2D eigenvalue weighted by Crippen LogP contribution is 2.43. The van der Waals surface area contributed by atoms with Gasteiger partial charge in [0.25, 0.3) is 0 Å². The van der Waals surface area contributed by atoms with E-state index in [4.69, 9.17) is 4.74 Å². The van der Waals surface area contributed by atoms with Gasteiger partial charge in [0.05, 0.1) is 0 Å². The molecule has 186 valence electrons. The molecule has 5 aromatic rings. The van der Waals surface area contributed by atoms with Crippen molar-refractivity contribution in [2.45, 2.75) is 38.7 Å². The van der Waals surface area contributed by atoms with Gasteiger partial charge in [-0.05, 0) is 52.8 Å². The number of ether oxygens (including phenoxy) is 1. The zero-order chi connectivity index (χ0) is 25.8. The molecule has 0 radical (unpaired) electrons. The first-order valence-corrected chi connectivity index (χ1v) is 13.5. The molecule has 4 heteroatoms. The third-order valence-corrected chi connectivity index (χ3v) is 8.26. The number of hydrogen-bond donors (Lipinski definition) is 1. The van der Waals surface area contributed by atoms with Crippen molar-refractivity contribution < 1.29 is 14.6 Å². The first-order valence-electron chi connectivity index (χ1n) is 12.7. The summed E-state index contributed by atoms with van der Waals surface area (Å²) in [7, 11) is 0. The van der Waals surface area contributed by atoms with Gasteiger partial charge in [0.1, 0.15) is 5.75 Å². The summed E-state index contributed by atoms with van der Waals surface area (Å²) in [6.07, 6.45) is 0.489. The molecule has 0 amide bonds.